The van der Waals surface area contributed by atoms with E-state index < -0.39 is 5.41 Å². The summed E-state index contributed by atoms with van der Waals surface area (Å²) in [4.78, 5) is 26.7. The number of Topliss-reactive ketones (excluding diaryl/α,β-unsaturated/α-hetero) is 1. The van der Waals surface area contributed by atoms with Gasteiger partial charge in [0.15, 0.2) is 5.78 Å². The average Bonchev–Trinajstić information content (AvgIpc) is 2.70. The molecule has 3 nitrogen and oxygen atoms in total. The van der Waals surface area contributed by atoms with Crippen LogP contribution in [-0.4, -0.2) is 11.8 Å². The van der Waals surface area contributed by atoms with Crippen molar-refractivity contribution in [2.75, 3.05) is 0 Å². The maximum Gasteiger partial charge on any atom is 0.326 e. The molecule has 3 heteroatoms. The molecule has 2 aromatic carbocycles. The zero-order chi connectivity index (χ0) is 18.4. The van der Waals surface area contributed by atoms with E-state index in [4.69, 9.17) is 4.74 Å². The fourth-order valence-corrected chi connectivity index (χ4v) is 5.72. The molecule has 2 fully saturated rings. The molecule has 1 heterocycles. The Balaban J connectivity index is 1.59. The molecule has 27 heavy (non-hydrogen) atoms. The first-order valence-electron chi connectivity index (χ1n) is 10.1. The first-order valence-corrected chi connectivity index (χ1v) is 10.1. The van der Waals surface area contributed by atoms with Crippen LogP contribution >= 0.6 is 0 Å². The third-order valence-corrected chi connectivity index (χ3v) is 7.03. The molecule has 138 valence electrons. The van der Waals surface area contributed by atoms with E-state index in [2.05, 4.69) is 6.07 Å². The molecule has 0 aromatic heterocycles. The number of carbonyl (C=O) groups excluding carboxylic acids is 2. The molecule has 2 aliphatic carbocycles. The van der Waals surface area contributed by atoms with Crippen molar-refractivity contribution in [3.05, 3.63) is 65.7 Å². The van der Waals surface area contributed by atoms with Crippen LogP contribution in [0, 0.1) is 17.3 Å². The van der Waals surface area contributed by atoms with Gasteiger partial charge < -0.3 is 4.74 Å². The van der Waals surface area contributed by atoms with Gasteiger partial charge in [-0.2, -0.15) is 0 Å². The van der Waals surface area contributed by atoms with E-state index in [0.29, 0.717) is 29.6 Å². The number of para-hydroxylation sites is 1. The lowest BCUT2D eigenvalue weighted by molar-refractivity contribution is -0.158. The molecule has 1 aliphatic heterocycles. The zero-order valence-corrected chi connectivity index (χ0v) is 15.4. The molecule has 0 N–H and O–H groups in total. The normalized spacial score (nSPS) is 29.9. The van der Waals surface area contributed by atoms with E-state index >= 15 is 0 Å². The van der Waals surface area contributed by atoms with E-state index in [1.54, 1.807) is 0 Å². The van der Waals surface area contributed by atoms with Gasteiger partial charge in [-0.1, -0.05) is 80.6 Å². The van der Waals surface area contributed by atoms with E-state index in [1.807, 2.05) is 48.5 Å². The molecule has 3 aliphatic rings. The second-order valence-electron chi connectivity index (χ2n) is 8.34. The molecule has 0 saturated heterocycles. The van der Waals surface area contributed by atoms with Crippen molar-refractivity contribution in [2.45, 2.75) is 44.4 Å². The summed E-state index contributed by atoms with van der Waals surface area (Å²) in [7, 11) is 0. The molecule has 0 unspecified atom stereocenters. The first kappa shape index (κ1) is 16.7. The number of ether oxygens (including phenoxy) is 1. The van der Waals surface area contributed by atoms with Crippen molar-refractivity contribution < 1.29 is 14.3 Å². The predicted molar refractivity (Wildman–Crippen MR) is 103 cm³/mol. The third kappa shape index (κ3) is 2.40. The van der Waals surface area contributed by atoms with Crippen molar-refractivity contribution in [3.8, 4) is 5.75 Å². The number of hydrogen-bond acceptors (Lipinski definition) is 3. The average molecular weight is 360 g/mol. The third-order valence-electron chi connectivity index (χ3n) is 7.03. The van der Waals surface area contributed by atoms with Gasteiger partial charge in [0, 0.05) is 11.5 Å². The van der Waals surface area contributed by atoms with Crippen LogP contribution in [0.1, 0.15) is 60.4 Å². The van der Waals surface area contributed by atoms with Crippen LogP contribution in [0.4, 0.5) is 0 Å². The molecule has 2 aromatic rings. The van der Waals surface area contributed by atoms with Gasteiger partial charge in [-0.15, -0.1) is 0 Å². The van der Waals surface area contributed by atoms with Crippen molar-refractivity contribution in [3.63, 3.8) is 0 Å². The quantitative estimate of drug-likeness (QED) is 0.329. The van der Waals surface area contributed by atoms with Crippen molar-refractivity contribution in [2.24, 2.45) is 17.3 Å². The van der Waals surface area contributed by atoms with Gasteiger partial charge in [0.25, 0.3) is 0 Å². The lowest BCUT2D eigenvalue weighted by atomic mass is 9.45. The van der Waals surface area contributed by atoms with Crippen LogP contribution in [0.25, 0.3) is 0 Å². The highest BCUT2D eigenvalue weighted by Crippen LogP contribution is 2.66. The highest BCUT2D eigenvalue weighted by atomic mass is 16.5. The lowest BCUT2D eigenvalue weighted by Crippen LogP contribution is -2.61. The van der Waals surface area contributed by atoms with Gasteiger partial charge in [-0.05, 0) is 29.9 Å². The summed E-state index contributed by atoms with van der Waals surface area (Å²) in [6.45, 7) is 0. The van der Waals surface area contributed by atoms with Gasteiger partial charge in [0.2, 0.25) is 0 Å². The van der Waals surface area contributed by atoms with Crippen LogP contribution in [0.5, 0.6) is 5.75 Å². The minimum Gasteiger partial charge on any atom is -0.425 e. The standard InChI is InChI=1S/C24H24O3/c25-22(17-11-5-2-6-12-17)24-15-19(16-9-3-1-4-10-16)21(24)18-13-7-8-14-20(18)27-23(24)26/h2,5-8,11-14,16,19,21H,1,3-4,9-10,15H2/t19-,21+,24-/m0/s1. The summed E-state index contributed by atoms with van der Waals surface area (Å²) in [6, 6.07) is 17.0. The fraction of sp³-hybridized carbons (Fsp3) is 0.417. The Kier molecular flexibility index (Phi) is 3.92. The Hall–Kier alpha value is -2.42. The minimum atomic E-state index is -1.04. The van der Waals surface area contributed by atoms with Crippen molar-refractivity contribution in [1.82, 2.24) is 0 Å². The molecular formula is C24H24O3. The Bertz CT molecular complexity index is 882. The lowest BCUT2D eigenvalue weighted by Gasteiger charge is -2.57. The van der Waals surface area contributed by atoms with Gasteiger partial charge in [0.1, 0.15) is 11.2 Å². The topological polar surface area (TPSA) is 43.4 Å². The van der Waals surface area contributed by atoms with Crippen molar-refractivity contribution >= 4 is 11.8 Å². The van der Waals surface area contributed by atoms with Gasteiger partial charge >= 0.3 is 5.97 Å². The second-order valence-corrected chi connectivity index (χ2v) is 8.34. The molecule has 0 radical (unpaired) electrons. The predicted octanol–water partition coefficient (Wildman–Crippen LogP) is 5.16. The molecule has 5 rings (SSSR count). The van der Waals surface area contributed by atoms with Gasteiger partial charge in [-0.3, -0.25) is 9.59 Å². The summed E-state index contributed by atoms with van der Waals surface area (Å²) in [5.74, 6) is 1.17. The highest BCUT2D eigenvalue weighted by molar-refractivity contribution is 6.15. The van der Waals surface area contributed by atoms with E-state index in [0.717, 1.165) is 5.56 Å². The minimum absolute atomic E-state index is 0.0502. The van der Waals surface area contributed by atoms with Crippen molar-refractivity contribution in [1.29, 1.82) is 0 Å². The van der Waals surface area contributed by atoms with Crippen LogP contribution in [-0.2, 0) is 4.79 Å². The zero-order valence-electron chi connectivity index (χ0n) is 15.4. The number of fused-ring (bicyclic) bond motifs is 3. The van der Waals surface area contributed by atoms with E-state index in [1.165, 1.54) is 32.1 Å². The largest absolute Gasteiger partial charge is 0.425 e. The Labute approximate surface area is 159 Å². The number of rotatable bonds is 3. The highest BCUT2D eigenvalue weighted by Gasteiger charge is 2.68. The van der Waals surface area contributed by atoms with E-state index in [9.17, 15) is 9.59 Å². The second kappa shape index (κ2) is 6.33. The van der Waals surface area contributed by atoms with Crippen LogP contribution in [0.3, 0.4) is 0 Å². The summed E-state index contributed by atoms with van der Waals surface area (Å²) in [5.41, 5.74) is 0.613. The Morgan fingerprint density at radius 2 is 1.63 bits per heavy atom. The number of carbonyl (C=O) groups is 2. The number of hydrogen-bond donors (Lipinski definition) is 0. The number of esters is 1. The maximum atomic E-state index is 13.5. The summed E-state index contributed by atoms with van der Waals surface area (Å²) in [6.07, 6.45) is 6.89. The number of ketones is 1. The van der Waals surface area contributed by atoms with Gasteiger partial charge in [-0.25, -0.2) is 0 Å². The van der Waals surface area contributed by atoms with Crippen LogP contribution in [0.2, 0.25) is 0 Å². The maximum absolute atomic E-state index is 13.5. The Morgan fingerprint density at radius 1 is 0.926 bits per heavy atom. The Morgan fingerprint density at radius 3 is 2.41 bits per heavy atom. The van der Waals surface area contributed by atoms with Crippen LogP contribution < -0.4 is 4.74 Å². The molecular weight excluding hydrogens is 336 g/mol. The smallest absolute Gasteiger partial charge is 0.326 e. The van der Waals surface area contributed by atoms with Gasteiger partial charge in [0.05, 0.1) is 0 Å². The molecule has 0 bridgehead atoms. The summed E-state index contributed by atoms with van der Waals surface area (Å²) in [5, 5.41) is 0. The molecule has 0 spiro atoms. The first-order chi connectivity index (χ1) is 13.2. The summed E-state index contributed by atoms with van der Waals surface area (Å²) >= 11 is 0. The monoisotopic (exact) mass is 360 g/mol. The molecule has 0 amide bonds. The van der Waals surface area contributed by atoms with E-state index in [-0.39, 0.29) is 17.7 Å². The molecule has 3 atom stereocenters. The summed E-state index contributed by atoms with van der Waals surface area (Å²) < 4.78 is 5.69. The molecule has 2 saturated carbocycles. The number of benzene rings is 2. The fourth-order valence-electron chi connectivity index (χ4n) is 5.72. The van der Waals surface area contributed by atoms with Crippen LogP contribution in [0.15, 0.2) is 54.6 Å². The SMILES string of the molecule is O=C1Oc2ccccc2[C@@H]2[C@H](C3CCCCC3)C[C@]12C(=O)c1ccccc1.